The summed E-state index contributed by atoms with van der Waals surface area (Å²) in [6.45, 7) is 3.99. The molecular formula is C27H25N3O5. The summed E-state index contributed by atoms with van der Waals surface area (Å²) in [5.74, 6) is -0.446. The van der Waals surface area contributed by atoms with Crippen LogP contribution < -0.4 is 15.6 Å². The average Bonchev–Trinajstić information content (AvgIpc) is 2.88. The smallest absolute Gasteiger partial charge is 0.338 e. The van der Waals surface area contributed by atoms with Crippen LogP contribution in [0.25, 0.3) is 11.0 Å². The quantitative estimate of drug-likeness (QED) is 0.389. The first-order valence-corrected chi connectivity index (χ1v) is 11.2. The lowest BCUT2D eigenvalue weighted by Crippen LogP contribution is -2.23. The molecule has 178 valence electrons. The summed E-state index contributed by atoms with van der Waals surface area (Å²) in [4.78, 5) is 41.2. The van der Waals surface area contributed by atoms with Gasteiger partial charge in [0, 0.05) is 12.2 Å². The van der Waals surface area contributed by atoms with Crippen molar-refractivity contribution >= 4 is 28.6 Å². The number of amides is 1. The summed E-state index contributed by atoms with van der Waals surface area (Å²) in [7, 11) is 0. The van der Waals surface area contributed by atoms with Crippen LogP contribution >= 0.6 is 0 Å². The number of aryl methyl sites for hydroxylation is 2. The molecule has 1 N–H and O–H groups in total. The minimum atomic E-state index is -0.652. The van der Waals surface area contributed by atoms with Crippen LogP contribution in [0.2, 0.25) is 0 Å². The Labute approximate surface area is 202 Å². The molecular weight excluding hydrogens is 446 g/mol. The van der Waals surface area contributed by atoms with Crippen molar-refractivity contribution in [1.29, 1.82) is 0 Å². The van der Waals surface area contributed by atoms with E-state index in [1.165, 1.54) is 0 Å². The highest BCUT2D eigenvalue weighted by molar-refractivity contribution is 5.97. The summed E-state index contributed by atoms with van der Waals surface area (Å²) >= 11 is 0. The van der Waals surface area contributed by atoms with E-state index in [-0.39, 0.29) is 11.1 Å². The molecule has 1 heterocycles. The standard InChI is InChI=1S/C27H25N3O5/c1-3-30-24-14-9-20(15-23(24)28-18(2)26(30)32)27(33)35-17-25(31)29-21-10-12-22(13-11-21)34-16-19-7-5-4-6-8-19/h4-15H,3,16-17H2,1-2H3,(H,29,31). The number of esters is 1. The molecule has 0 aliphatic carbocycles. The third-order valence-corrected chi connectivity index (χ3v) is 5.38. The summed E-state index contributed by atoms with van der Waals surface area (Å²) in [6, 6.07) is 21.5. The maximum absolute atomic E-state index is 12.5. The summed E-state index contributed by atoms with van der Waals surface area (Å²) in [6.07, 6.45) is 0. The molecule has 0 atom stereocenters. The number of hydrogen-bond donors (Lipinski definition) is 1. The molecule has 3 aromatic carbocycles. The van der Waals surface area contributed by atoms with E-state index in [2.05, 4.69) is 10.3 Å². The van der Waals surface area contributed by atoms with Crippen LogP contribution in [0.15, 0.2) is 77.6 Å². The highest BCUT2D eigenvalue weighted by Gasteiger charge is 2.14. The third kappa shape index (κ3) is 5.73. The second-order valence-electron chi connectivity index (χ2n) is 7.87. The molecule has 0 fully saturated rings. The Morgan fingerprint density at radius 2 is 1.74 bits per heavy atom. The number of hydrogen-bond acceptors (Lipinski definition) is 6. The zero-order valence-electron chi connectivity index (χ0n) is 19.5. The van der Waals surface area contributed by atoms with Crippen molar-refractivity contribution in [2.45, 2.75) is 27.0 Å². The highest BCUT2D eigenvalue weighted by atomic mass is 16.5. The lowest BCUT2D eigenvalue weighted by molar-refractivity contribution is -0.119. The molecule has 0 bridgehead atoms. The molecule has 1 amide bonds. The molecule has 0 spiro atoms. The van der Waals surface area contributed by atoms with Crippen LogP contribution in [0.5, 0.6) is 5.75 Å². The lowest BCUT2D eigenvalue weighted by Gasteiger charge is -2.11. The summed E-state index contributed by atoms with van der Waals surface area (Å²) < 4.78 is 12.5. The molecule has 4 rings (SSSR count). The molecule has 0 aliphatic heterocycles. The van der Waals surface area contributed by atoms with Crippen molar-refractivity contribution in [3.63, 3.8) is 0 Å². The first kappa shape index (κ1) is 23.7. The van der Waals surface area contributed by atoms with Crippen LogP contribution in [-0.4, -0.2) is 28.0 Å². The number of carbonyl (C=O) groups is 2. The number of benzene rings is 3. The Hall–Kier alpha value is -4.46. The van der Waals surface area contributed by atoms with Gasteiger partial charge >= 0.3 is 5.97 Å². The van der Waals surface area contributed by atoms with Gasteiger partial charge in [-0.3, -0.25) is 9.59 Å². The molecule has 0 radical (unpaired) electrons. The summed E-state index contributed by atoms with van der Waals surface area (Å²) in [5, 5.41) is 2.69. The Morgan fingerprint density at radius 3 is 2.46 bits per heavy atom. The Morgan fingerprint density at radius 1 is 1.00 bits per heavy atom. The van der Waals surface area contributed by atoms with Gasteiger partial charge in [-0.25, -0.2) is 9.78 Å². The third-order valence-electron chi connectivity index (χ3n) is 5.38. The maximum Gasteiger partial charge on any atom is 0.338 e. The fourth-order valence-electron chi connectivity index (χ4n) is 3.60. The van der Waals surface area contributed by atoms with Crippen molar-refractivity contribution < 1.29 is 19.1 Å². The van der Waals surface area contributed by atoms with Gasteiger partial charge in [-0.15, -0.1) is 0 Å². The molecule has 8 heteroatoms. The fourth-order valence-corrected chi connectivity index (χ4v) is 3.60. The molecule has 0 aliphatic rings. The van der Waals surface area contributed by atoms with E-state index in [0.717, 1.165) is 5.56 Å². The van der Waals surface area contributed by atoms with E-state index in [0.29, 0.717) is 41.3 Å². The SMILES string of the molecule is CCn1c(=O)c(C)nc2cc(C(=O)OCC(=O)Nc3ccc(OCc4ccccc4)cc3)ccc21. The second kappa shape index (κ2) is 10.6. The first-order chi connectivity index (χ1) is 16.9. The number of aromatic nitrogens is 2. The van der Waals surface area contributed by atoms with Crippen LogP contribution in [0, 0.1) is 6.92 Å². The summed E-state index contributed by atoms with van der Waals surface area (Å²) in [5.41, 5.74) is 3.19. The predicted molar refractivity (Wildman–Crippen MR) is 133 cm³/mol. The molecule has 0 saturated heterocycles. The van der Waals surface area contributed by atoms with Gasteiger partial charge in [0.05, 0.1) is 16.6 Å². The van der Waals surface area contributed by atoms with Crippen LogP contribution in [0.3, 0.4) is 0 Å². The number of nitrogens with zero attached hydrogens (tertiary/aromatic N) is 2. The Balaban J connectivity index is 1.32. The first-order valence-electron chi connectivity index (χ1n) is 11.2. The van der Waals surface area contributed by atoms with Gasteiger partial charge in [0.2, 0.25) is 0 Å². The number of fused-ring (bicyclic) bond motifs is 1. The zero-order valence-corrected chi connectivity index (χ0v) is 19.5. The van der Waals surface area contributed by atoms with E-state index in [1.807, 2.05) is 37.3 Å². The van der Waals surface area contributed by atoms with Gasteiger partial charge in [0.25, 0.3) is 11.5 Å². The van der Waals surface area contributed by atoms with Crippen molar-refractivity contribution in [3.8, 4) is 5.75 Å². The predicted octanol–water partition coefficient (Wildman–Crippen LogP) is 4.10. The molecule has 0 unspecified atom stereocenters. The normalized spacial score (nSPS) is 10.7. The molecule has 4 aromatic rings. The van der Waals surface area contributed by atoms with E-state index in [4.69, 9.17) is 9.47 Å². The van der Waals surface area contributed by atoms with Gasteiger partial charge in [-0.05, 0) is 61.9 Å². The average molecular weight is 472 g/mol. The van der Waals surface area contributed by atoms with Gasteiger partial charge < -0.3 is 19.4 Å². The number of carbonyl (C=O) groups excluding carboxylic acids is 2. The van der Waals surface area contributed by atoms with Gasteiger partial charge in [-0.2, -0.15) is 0 Å². The van der Waals surface area contributed by atoms with Crippen LogP contribution in [0.1, 0.15) is 28.5 Å². The van der Waals surface area contributed by atoms with Crippen LogP contribution in [0.4, 0.5) is 5.69 Å². The van der Waals surface area contributed by atoms with E-state index >= 15 is 0 Å². The highest BCUT2D eigenvalue weighted by Crippen LogP contribution is 2.18. The van der Waals surface area contributed by atoms with Gasteiger partial charge in [0.15, 0.2) is 6.61 Å². The zero-order chi connectivity index (χ0) is 24.8. The largest absolute Gasteiger partial charge is 0.489 e. The van der Waals surface area contributed by atoms with E-state index < -0.39 is 18.5 Å². The molecule has 8 nitrogen and oxygen atoms in total. The second-order valence-corrected chi connectivity index (χ2v) is 7.87. The topological polar surface area (TPSA) is 99.5 Å². The Kier molecular flexibility index (Phi) is 7.21. The lowest BCUT2D eigenvalue weighted by atomic mass is 10.2. The molecule has 1 aromatic heterocycles. The van der Waals surface area contributed by atoms with E-state index in [1.54, 1.807) is 54.0 Å². The van der Waals surface area contributed by atoms with Gasteiger partial charge in [-0.1, -0.05) is 30.3 Å². The fraction of sp³-hybridized carbons (Fsp3) is 0.185. The minimum absolute atomic E-state index is 0.164. The van der Waals surface area contributed by atoms with Crippen molar-refractivity contribution in [1.82, 2.24) is 9.55 Å². The number of ether oxygens (including phenoxy) is 2. The minimum Gasteiger partial charge on any atom is -0.489 e. The van der Waals surface area contributed by atoms with Crippen LogP contribution in [-0.2, 0) is 22.7 Å². The number of nitrogens with one attached hydrogen (secondary N) is 1. The molecule has 35 heavy (non-hydrogen) atoms. The maximum atomic E-state index is 12.5. The molecule has 0 saturated carbocycles. The van der Waals surface area contributed by atoms with E-state index in [9.17, 15) is 14.4 Å². The van der Waals surface area contributed by atoms with Gasteiger partial charge in [0.1, 0.15) is 18.1 Å². The van der Waals surface area contributed by atoms with Crippen molar-refractivity contribution in [2.24, 2.45) is 0 Å². The monoisotopic (exact) mass is 471 g/mol. The van der Waals surface area contributed by atoms with Crippen molar-refractivity contribution in [2.75, 3.05) is 11.9 Å². The number of rotatable bonds is 8. The van der Waals surface area contributed by atoms with Crippen molar-refractivity contribution in [3.05, 3.63) is 100.0 Å². The Bertz CT molecular complexity index is 1410. The number of anilines is 1.